The maximum absolute atomic E-state index is 13.7. The normalized spacial score (nSPS) is 14.1. The van der Waals surface area contributed by atoms with E-state index in [0.717, 1.165) is 130 Å². The Morgan fingerprint density at radius 2 is 1.10 bits per heavy atom. The first-order valence-corrected chi connectivity index (χ1v) is 23.3. The van der Waals surface area contributed by atoms with Gasteiger partial charge in [-0.05, 0) is 89.3 Å². The number of rotatable bonds is 16. The zero-order valence-corrected chi connectivity index (χ0v) is 40.1. The second-order valence-corrected chi connectivity index (χ2v) is 16.8. The molecule has 0 amide bonds. The number of terminal acetylenes is 1. The second kappa shape index (κ2) is 26.1. The van der Waals surface area contributed by atoms with E-state index in [2.05, 4.69) is 36.0 Å². The van der Waals surface area contributed by atoms with Gasteiger partial charge in [-0.2, -0.15) is 0 Å². The Labute approximate surface area is 415 Å². The van der Waals surface area contributed by atoms with E-state index in [4.69, 9.17) is 40.0 Å². The van der Waals surface area contributed by atoms with E-state index in [1.807, 2.05) is 54.6 Å². The Balaban J connectivity index is 0.000000181. The summed E-state index contributed by atoms with van der Waals surface area (Å²) in [6.45, 7) is 12.4. The van der Waals surface area contributed by atoms with Crippen molar-refractivity contribution in [2.24, 2.45) is 0 Å². The van der Waals surface area contributed by atoms with E-state index >= 15 is 0 Å². The molecule has 4 aromatic carbocycles. The number of hydrogen-bond acceptors (Lipinski definition) is 14. The number of nitrogens with zero attached hydrogens (tertiary/aromatic N) is 7. The number of phenols is 2. The van der Waals surface area contributed by atoms with Crippen molar-refractivity contribution in [3.63, 3.8) is 0 Å². The summed E-state index contributed by atoms with van der Waals surface area (Å²) in [5.41, 5.74) is 3.33. The van der Waals surface area contributed by atoms with Crippen LogP contribution in [0.4, 0.5) is 17.6 Å². The summed E-state index contributed by atoms with van der Waals surface area (Å²) in [7, 11) is 0. The minimum absolute atomic E-state index is 0.0919. The minimum atomic E-state index is -1.08. The van der Waals surface area contributed by atoms with E-state index in [1.54, 1.807) is 28.7 Å². The van der Waals surface area contributed by atoms with Crippen LogP contribution < -0.4 is 9.47 Å². The number of aromatic nitrogens is 5. The highest BCUT2D eigenvalue weighted by atomic mass is 127. The molecule has 9 rings (SSSR count). The van der Waals surface area contributed by atoms with Gasteiger partial charge in [0.25, 0.3) is 0 Å². The standard InChI is InChI=1S/C25H25F2N5O4.C19H22N2O3.C6H3F2IO/c26-20-14-18(15-21(27)25(20)33)32-16-24(29-30-32)23-3-1-17-13-19(2-4-22(17)28-23)36-12-11-35-10-7-31-5-8-34-9-6-31;1-2-17-4-3-16-15-18(5-6-19(16)20-17)24-14-13-23-12-9-21-7-10-22-11-8-21;7-4-1-3(9)2-5(8)6(4)10/h1-4,13-16,33H,5-12H2;1,3-6,15H,7-14H2;1-2,10H. The number of halogens is 5. The number of pyridine rings is 2. The molecule has 2 N–H and O–H groups in total. The average molecular weight is 1080 g/mol. The zero-order chi connectivity index (χ0) is 49.2. The molecule has 368 valence electrons. The van der Waals surface area contributed by atoms with Gasteiger partial charge in [-0.15, -0.1) is 11.5 Å². The van der Waals surface area contributed by atoms with Crippen LogP contribution in [-0.4, -0.2) is 150 Å². The number of aromatic hydroxyl groups is 2. The van der Waals surface area contributed by atoms with E-state index < -0.39 is 34.8 Å². The molecule has 2 aliphatic rings. The van der Waals surface area contributed by atoms with Gasteiger partial charge in [-0.25, -0.2) is 32.2 Å². The molecule has 2 aliphatic heterocycles. The molecule has 2 saturated heterocycles. The first-order valence-electron chi connectivity index (χ1n) is 22.3. The molecule has 70 heavy (non-hydrogen) atoms. The van der Waals surface area contributed by atoms with Gasteiger partial charge in [-0.3, -0.25) is 9.80 Å². The number of morpholine rings is 2. The molecule has 0 radical (unpaired) electrons. The largest absolute Gasteiger partial charge is 0.503 e. The van der Waals surface area contributed by atoms with Gasteiger partial charge in [0.15, 0.2) is 34.8 Å². The van der Waals surface area contributed by atoms with Crippen LogP contribution in [0.25, 0.3) is 38.9 Å². The van der Waals surface area contributed by atoms with Gasteiger partial charge < -0.3 is 38.6 Å². The molecule has 5 heterocycles. The van der Waals surface area contributed by atoms with Gasteiger partial charge in [0.05, 0.1) is 81.5 Å². The van der Waals surface area contributed by atoms with Crippen LogP contribution in [0.2, 0.25) is 0 Å². The predicted molar refractivity (Wildman–Crippen MR) is 261 cm³/mol. The summed E-state index contributed by atoms with van der Waals surface area (Å²) in [5.74, 6) is -1.89. The maximum atomic E-state index is 13.7. The second-order valence-electron chi connectivity index (χ2n) is 15.6. The van der Waals surface area contributed by atoms with Gasteiger partial charge in [-0.1, -0.05) is 17.2 Å². The molecule has 0 bridgehead atoms. The van der Waals surface area contributed by atoms with Gasteiger partial charge in [0.2, 0.25) is 0 Å². The molecule has 0 saturated carbocycles. The van der Waals surface area contributed by atoms with E-state index in [0.29, 0.717) is 53.7 Å². The van der Waals surface area contributed by atoms with E-state index in [9.17, 15) is 22.7 Å². The highest BCUT2D eigenvalue weighted by molar-refractivity contribution is 14.1. The van der Waals surface area contributed by atoms with Gasteiger partial charge in [0.1, 0.15) is 36.1 Å². The lowest BCUT2D eigenvalue weighted by Crippen LogP contribution is -2.38. The van der Waals surface area contributed by atoms with Crippen molar-refractivity contribution in [2.75, 3.05) is 105 Å². The topological polar surface area (TPSA) is 159 Å². The summed E-state index contributed by atoms with van der Waals surface area (Å²) >= 11 is 1.76. The molecule has 0 atom stereocenters. The fraction of sp³-hybridized carbons (Fsp3) is 0.320. The highest BCUT2D eigenvalue weighted by Gasteiger charge is 2.15. The smallest absolute Gasteiger partial charge is 0.187 e. The number of hydrogen-bond donors (Lipinski definition) is 2. The van der Waals surface area contributed by atoms with Crippen molar-refractivity contribution in [1.82, 2.24) is 34.8 Å². The number of ether oxygens (including phenoxy) is 6. The van der Waals surface area contributed by atoms with Crippen LogP contribution in [0.5, 0.6) is 23.0 Å². The SMILES string of the molecule is C#Cc1ccc2cc(OCCOCCN3CCOCC3)ccc2n1.Oc1c(F)cc(-n2cc(-c3ccc4cc(OCCOCCN5CCOCC5)ccc4n3)nn2)cc1F.Oc1c(F)cc(I)cc1F. The number of benzene rings is 4. The highest BCUT2D eigenvalue weighted by Crippen LogP contribution is 2.27. The third-order valence-electron chi connectivity index (χ3n) is 10.8. The molecule has 0 aliphatic carbocycles. The number of phenolic OH excluding ortho intramolecular Hbond substituents is 2. The van der Waals surface area contributed by atoms with Crippen molar-refractivity contribution in [2.45, 2.75) is 0 Å². The third-order valence-corrected chi connectivity index (χ3v) is 11.4. The van der Waals surface area contributed by atoms with E-state index in [1.165, 1.54) is 10.9 Å². The fourth-order valence-electron chi connectivity index (χ4n) is 7.01. The number of fused-ring (bicyclic) bond motifs is 2. The molecular formula is C50H50F4IN7O8. The van der Waals surface area contributed by atoms with Crippen LogP contribution in [0, 0.1) is 39.2 Å². The first kappa shape index (κ1) is 51.7. The van der Waals surface area contributed by atoms with Crippen molar-refractivity contribution in [3.8, 4) is 52.4 Å². The lowest BCUT2D eigenvalue weighted by atomic mass is 10.2. The summed E-state index contributed by atoms with van der Waals surface area (Å²) in [6, 6.07) is 22.9. The predicted octanol–water partition coefficient (Wildman–Crippen LogP) is 7.41. The van der Waals surface area contributed by atoms with Crippen LogP contribution >= 0.6 is 22.6 Å². The quantitative estimate of drug-likeness (QED) is 0.0427. The molecule has 3 aromatic heterocycles. The monoisotopic (exact) mass is 1080 g/mol. The zero-order valence-electron chi connectivity index (χ0n) is 37.9. The molecule has 15 nitrogen and oxygen atoms in total. The van der Waals surface area contributed by atoms with Crippen LogP contribution in [-0.2, 0) is 18.9 Å². The molecule has 20 heteroatoms. The summed E-state index contributed by atoms with van der Waals surface area (Å²) < 4.78 is 87.2. The van der Waals surface area contributed by atoms with Crippen LogP contribution in [0.15, 0.2) is 91.1 Å². The molecule has 7 aromatic rings. The third kappa shape index (κ3) is 15.2. The Morgan fingerprint density at radius 1 is 0.600 bits per heavy atom. The van der Waals surface area contributed by atoms with Crippen molar-refractivity contribution >= 4 is 44.4 Å². The summed E-state index contributed by atoms with van der Waals surface area (Å²) in [4.78, 5) is 13.7. The Kier molecular flexibility index (Phi) is 19.3. The Hall–Kier alpha value is -6.19. The molecule has 2 fully saturated rings. The Morgan fingerprint density at radius 3 is 1.63 bits per heavy atom. The molecule has 0 spiro atoms. The molecular weight excluding hydrogens is 1030 g/mol. The van der Waals surface area contributed by atoms with Gasteiger partial charge in [0, 0.05) is 65.7 Å². The van der Waals surface area contributed by atoms with Crippen molar-refractivity contribution in [1.29, 1.82) is 0 Å². The van der Waals surface area contributed by atoms with Gasteiger partial charge >= 0.3 is 0 Å². The minimum Gasteiger partial charge on any atom is -0.503 e. The lowest BCUT2D eigenvalue weighted by Gasteiger charge is -2.26. The van der Waals surface area contributed by atoms with Crippen molar-refractivity contribution < 1.29 is 56.2 Å². The van der Waals surface area contributed by atoms with Crippen molar-refractivity contribution in [3.05, 3.63) is 124 Å². The van der Waals surface area contributed by atoms with E-state index in [-0.39, 0.29) is 5.69 Å². The Bertz CT molecular complexity index is 2820. The summed E-state index contributed by atoms with van der Waals surface area (Å²) in [6.07, 6.45) is 6.87. The summed E-state index contributed by atoms with van der Waals surface area (Å²) in [5, 5.41) is 27.7. The lowest BCUT2D eigenvalue weighted by molar-refractivity contribution is 0.0169. The molecule has 0 unspecified atom stereocenters. The average Bonchev–Trinajstić information content (AvgIpc) is 3.88. The van der Waals surface area contributed by atoms with Crippen LogP contribution in [0.3, 0.4) is 0 Å². The first-order chi connectivity index (χ1) is 34.0. The van der Waals surface area contributed by atoms with Crippen LogP contribution in [0.1, 0.15) is 5.69 Å². The maximum Gasteiger partial charge on any atom is 0.187 e. The fourth-order valence-corrected chi connectivity index (χ4v) is 7.56.